The van der Waals surface area contributed by atoms with Crippen LogP contribution in [0.25, 0.3) is 0 Å². The van der Waals surface area contributed by atoms with E-state index in [-0.39, 0.29) is 5.91 Å². The second kappa shape index (κ2) is 5.97. The van der Waals surface area contributed by atoms with Gasteiger partial charge in [0.2, 0.25) is 0 Å². The number of hydrogen-bond acceptors (Lipinski definition) is 1. The summed E-state index contributed by atoms with van der Waals surface area (Å²) in [6, 6.07) is 9.19. The molecule has 14 heavy (non-hydrogen) atoms. The molecule has 2 heteroatoms. The van der Waals surface area contributed by atoms with E-state index in [2.05, 4.69) is 12.2 Å². The van der Waals surface area contributed by atoms with Gasteiger partial charge in [0.25, 0.3) is 5.91 Å². The average Bonchev–Trinajstić information content (AvgIpc) is 2.25. The van der Waals surface area contributed by atoms with Gasteiger partial charge in [-0.25, -0.2) is 0 Å². The molecule has 0 aliphatic rings. The Bertz CT molecular complexity index is 303. The standard InChI is InChI=1S/C12H15NO/c1-2-3-7-10-13-12(14)11-8-5-4-6-9-11/h4-10H,2-3H2,1H3,(H,13,14)/b10-7-. The summed E-state index contributed by atoms with van der Waals surface area (Å²) >= 11 is 0. The molecular formula is C12H15NO. The van der Waals surface area contributed by atoms with E-state index < -0.39 is 0 Å². The molecule has 0 aliphatic heterocycles. The average molecular weight is 189 g/mol. The number of amides is 1. The molecule has 0 aliphatic carbocycles. The van der Waals surface area contributed by atoms with Gasteiger partial charge in [0, 0.05) is 11.8 Å². The van der Waals surface area contributed by atoms with Crippen molar-refractivity contribution in [2.24, 2.45) is 0 Å². The number of nitrogens with one attached hydrogen (secondary N) is 1. The fourth-order valence-electron chi connectivity index (χ4n) is 1.06. The zero-order chi connectivity index (χ0) is 10.2. The minimum atomic E-state index is -0.0575. The first kappa shape index (κ1) is 10.5. The second-order valence-corrected chi connectivity index (χ2v) is 3.03. The van der Waals surface area contributed by atoms with Crippen molar-refractivity contribution in [1.82, 2.24) is 5.32 Å². The summed E-state index contributed by atoms with van der Waals surface area (Å²) in [5.74, 6) is -0.0575. The van der Waals surface area contributed by atoms with Crippen LogP contribution in [0.4, 0.5) is 0 Å². The lowest BCUT2D eigenvalue weighted by Crippen LogP contribution is -2.16. The van der Waals surface area contributed by atoms with Crippen LogP contribution in [-0.4, -0.2) is 5.91 Å². The van der Waals surface area contributed by atoms with Crippen LogP contribution in [-0.2, 0) is 0 Å². The molecule has 0 radical (unpaired) electrons. The van der Waals surface area contributed by atoms with Gasteiger partial charge >= 0.3 is 0 Å². The molecule has 2 nitrogen and oxygen atoms in total. The lowest BCUT2D eigenvalue weighted by Gasteiger charge is -1.98. The van der Waals surface area contributed by atoms with Crippen molar-refractivity contribution in [3.05, 3.63) is 48.2 Å². The first-order chi connectivity index (χ1) is 6.84. The van der Waals surface area contributed by atoms with Crippen LogP contribution >= 0.6 is 0 Å². The van der Waals surface area contributed by atoms with Gasteiger partial charge in [-0.3, -0.25) is 4.79 Å². The Hall–Kier alpha value is -1.57. The van der Waals surface area contributed by atoms with Crippen molar-refractivity contribution in [2.75, 3.05) is 0 Å². The SMILES string of the molecule is CCC/C=C\NC(=O)c1ccccc1. The van der Waals surface area contributed by atoms with Crippen molar-refractivity contribution in [2.45, 2.75) is 19.8 Å². The van der Waals surface area contributed by atoms with E-state index in [0.29, 0.717) is 5.56 Å². The quantitative estimate of drug-likeness (QED) is 0.775. The van der Waals surface area contributed by atoms with Gasteiger partial charge in [0.1, 0.15) is 0 Å². The molecule has 0 aromatic heterocycles. The highest BCUT2D eigenvalue weighted by molar-refractivity contribution is 5.94. The third-order valence-electron chi connectivity index (χ3n) is 1.82. The summed E-state index contributed by atoms with van der Waals surface area (Å²) in [4.78, 5) is 11.4. The summed E-state index contributed by atoms with van der Waals surface area (Å²) < 4.78 is 0. The van der Waals surface area contributed by atoms with E-state index in [0.717, 1.165) is 12.8 Å². The maximum Gasteiger partial charge on any atom is 0.255 e. The highest BCUT2D eigenvalue weighted by atomic mass is 16.1. The summed E-state index contributed by atoms with van der Waals surface area (Å²) in [5, 5.41) is 2.71. The van der Waals surface area contributed by atoms with Crippen LogP contribution in [0.15, 0.2) is 42.6 Å². The molecule has 74 valence electrons. The maximum atomic E-state index is 11.4. The Kier molecular flexibility index (Phi) is 4.48. The van der Waals surface area contributed by atoms with Crippen LogP contribution in [0.5, 0.6) is 0 Å². The molecule has 0 saturated heterocycles. The normalized spacial score (nSPS) is 10.4. The highest BCUT2D eigenvalue weighted by Gasteiger charge is 1.99. The predicted molar refractivity (Wildman–Crippen MR) is 58.0 cm³/mol. The Morgan fingerprint density at radius 1 is 1.36 bits per heavy atom. The van der Waals surface area contributed by atoms with Crippen molar-refractivity contribution in [3.8, 4) is 0 Å². The first-order valence-corrected chi connectivity index (χ1v) is 4.85. The molecule has 1 aromatic carbocycles. The third-order valence-corrected chi connectivity index (χ3v) is 1.82. The summed E-state index contributed by atoms with van der Waals surface area (Å²) in [6.07, 6.45) is 5.76. The van der Waals surface area contributed by atoms with Crippen LogP contribution in [0.1, 0.15) is 30.1 Å². The van der Waals surface area contributed by atoms with Crippen molar-refractivity contribution >= 4 is 5.91 Å². The molecule has 1 aromatic rings. The van der Waals surface area contributed by atoms with E-state index in [1.165, 1.54) is 0 Å². The molecule has 0 saturated carbocycles. The molecule has 1 rings (SSSR count). The van der Waals surface area contributed by atoms with Gasteiger partial charge < -0.3 is 5.32 Å². The number of rotatable bonds is 4. The van der Waals surface area contributed by atoms with E-state index in [1.54, 1.807) is 18.3 Å². The predicted octanol–water partition coefficient (Wildman–Crippen LogP) is 2.73. The Morgan fingerprint density at radius 2 is 2.07 bits per heavy atom. The van der Waals surface area contributed by atoms with Gasteiger partial charge in [-0.05, 0) is 18.6 Å². The van der Waals surface area contributed by atoms with E-state index in [4.69, 9.17) is 0 Å². The van der Waals surface area contributed by atoms with E-state index >= 15 is 0 Å². The molecule has 1 N–H and O–H groups in total. The zero-order valence-corrected chi connectivity index (χ0v) is 8.36. The first-order valence-electron chi connectivity index (χ1n) is 4.85. The summed E-state index contributed by atoms with van der Waals surface area (Å²) in [6.45, 7) is 2.10. The molecule has 0 unspecified atom stereocenters. The Labute approximate surface area is 84.6 Å². The van der Waals surface area contributed by atoms with Gasteiger partial charge in [0.05, 0.1) is 0 Å². The van der Waals surface area contributed by atoms with E-state index in [1.807, 2.05) is 24.3 Å². The summed E-state index contributed by atoms with van der Waals surface area (Å²) in [7, 11) is 0. The second-order valence-electron chi connectivity index (χ2n) is 3.03. The van der Waals surface area contributed by atoms with Crippen molar-refractivity contribution in [3.63, 3.8) is 0 Å². The fourth-order valence-corrected chi connectivity index (χ4v) is 1.06. The summed E-state index contributed by atoms with van der Waals surface area (Å²) in [5.41, 5.74) is 0.689. The molecule has 0 bridgehead atoms. The number of benzene rings is 1. The highest BCUT2D eigenvalue weighted by Crippen LogP contribution is 1.97. The zero-order valence-electron chi connectivity index (χ0n) is 8.36. The number of carbonyl (C=O) groups is 1. The minimum absolute atomic E-state index is 0.0575. The number of allylic oxidation sites excluding steroid dienone is 1. The topological polar surface area (TPSA) is 29.1 Å². The molecule has 0 fully saturated rings. The smallest absolute Gasteiger partial charge is 0.255 e. The maximum absolute atomic E-state index is 11.4. The largest absolute Gasteiger partial charge is 0.329 e. The van der Waals surface area contributed by atoms with Gasteiger partial charge in [-0.2, -0.15) is 0 Å². The number of hydrogen-bond donors (Lipinski definition) is 1. The number of carbonyl (C=O) groups excluding carboxylic acids is 1. The molecule has 0 atom stereocenters. The third kappa shape index (κ3) is 3.44. The fraction of sp³-hybridized carbons (Fsp3) is 0.250. The monoisotopic (exact) mass is 189 g/mol. The lowest BCUT2D eigenvalue weighted by atomic mass is 10.2. The van der Waals surface area contributed by atoms with E-state index in [9.17, 15) is 4.79 Å². The molecule has 1 amide bonds. The lowest BCUT2D eigenvalue weighted by molar-refractivity contribution is 0.0970. The Morgan fingerprint density at radius 3 is 2.71 bits per heavy atom. The van der Waals surface area contributed by atoms with Crippen molar-refractivity contribution < 1.29 is 4.79 Å². The van der Waals surface area contributed by atoms with Crippen LogP contribution < -0.4 is 5.32 Å². The van der Waals surface area contributed by atoms with Crippen LogP contribution in [0, 0.1) is 0 Å². The minimum Gasteiger partial charge on any atom is -0.329 e. The molecule has 0 heterocycles. The van der Waals surface area contributed by atoms with Gasteiger partial charge in [0.15, 0.2) is 0 Å². The van der Waals surface area contributed by atoms with Crippen LogP contribution in [0.2, 0.25) is 0 Å². The Balaban J connectivity index is 2.44. The van der Waals surface area contributed by atoms with Gasteiger partial charge in [-0.15, -0.1) is 0 Å². The molecule has 0 spiro atoms. The van der Waals surface area contributed by atoms with Crippen molar-refractivity contribution in [1.29, 1.82) is 0 Å². The number of unbranched alkanes of at least 4 members (excludes halogenated alkanes) is 1. The van der Waals surface area contributed by atoms with Gasteiger partial charge in [-0.1, -0.05) is 37.6 Å². The molecular weight excluding hydrogens is 174 g/mol. The van der Waals surface area contributed by atoms with Crippen LogP contribution in [0.3, 0.4) is 0 Å².